The van der Waals surface area contributed by atoms with Crippen LogP contribution in [-0.2, 0) is 17.6 Å². The number of anilines is 1. The average molecular weight is 462 g/mol. The Bertz CT molecular complexity index is 1270. The zero-order chi connectivity index (χ0) is 21.9. The second-order valence-corrected chi connectivity index (χ2v) is 9.69. The second-order valence-electron chi connectivity index (χ2n) is 7.65. The summed E-state index contributed by atoms with van der Waals surface area (Å²) in [6.07, 6.45) is 4.58. The Labute approximate surface area is 195 Å². The Morgan fingerprint density at radius 1 is 1.06 bits per heavy atom. The molecule has 2 aromatic carbocycles. The van der Waals surface area contributed by atoms with Gasteiger partial charge in [-0.3, -0.25) is 4.79 Å². The molecule has 0 spiro atoms. The van der Waals surface area contributed by atoms with Gasteiger partial charge in [0.1, 0.15) is 15.6 Å². The van der Waals surface area contributed by atoms with Gasteiger partial charge in [0.2, 0.25) is 5.91 Å². The lowest BCUT2D eigenvalue weighted by atomic mass is 9.97. The molecule has 1 amide bonds. The maximum atomic E-state index is 12.7. The highest BCUT2D eigenvalue weighted by Crippen LogP contribution is 2.40. The van der Waals surface area contributed by atoms with Gasteiger partial charge in [-0.15, -0.1) is 11.3 Å². The number of aromatic nitrogens is 2. The minimum absolute atomic E-state index is 0.0865. The highest BCUT2D eigenvalue weighted by Gasteiger charge is 2.22. The van der Waals surface area contributed by atoms with E-state index in [-0.39, 0.29) is 11.7 Å². The molecule has 0 saturated carbocycles. The van der Waals surface area contributed by atoms with E-state index in [1.165, 1.54) is 35.0 Å². The first-order valence-corrected chi connectivity index (χ1v) is 12.5. The van der Waals surface area contributed by atoms with Crippen molar-refractivity contribution in [3.05, 3.63) is 65.0 Å². The van der Waals surface area contributed by atoms with E-state index < -0.39 is 0 Å². The number of rotatable bonds is 6. The summed E-state index contributed by atoms with van der Waals surface area (Å²) in [6.45, 7) is 0. The predicted molar refractivity (Wildman–Crippen MR) is 132 cm³/mol. The first-order chi connectivity index (χ1) is 15.7. The van der Waals surface area contributed by atoms with Crippen molar-refractivity contribution in [2.24, 2.45) is 0 Å². The van der Waals surface area contributed by atoms with E-state index in [9.17, 15) is 4.79 Å². The maximum absolute atomic E-state index is 12.7. The van der Waals surface area contributed by atoms with Crippen molar-refractivity contribution in [1.29, 1.82) is 0 Å². The van der Waals surface area contributed by atoms with Crippen LogP contribution in [-0.4, -0.2) is 28.7 Å². The SMILES string of the molecule is COc1ccccc1NC(=O)CSc1nc(-c2ccccc2)nc2sc3c(c12)CCCC3. The fourth-order valence-electron chi connectivity index (χ4n) is 4.01. The molecule has 162 valence electrons. The molecule has 32 heavy (non-hydrogen) atoms. The van der Waals surface area contributed by atoms with E-state index in [0.29, 0.717) is 17.3 Å². The smallest absolute Gasteiger partial charge is 0.234 e. The molecule has 2 aromatic heterocycles. The first kappa shape index (κ1) is 21.0. The maximum Gasteiger partial charge on any atom is 0.234 e. The Hall–Kier alpha value is -2.90. The van der Waals surface area contributed by atoms with Gasteiger partial charge in [-0.1, -0.05) is 54.2 Å². The van der Waals surface area contributed by atoms with Crippen LogP contribution in [0.4, 0.5) is 5.69 Å². The van der Waals surface area contributed by atoms with Gasteiger partial charge in [-0.25, -0.2) is 9.97 Å². The van der Waals surface area contributed by atoms with Gasteiger partial charge in [0, 0.05) is 15.8 Å². The molecule has 5 rings (SSSR count). The lowest BCUT2D eigenvalue weighted by molar-refractivity contribution is -0.113. The first-order valence-electron chi connectivity index (χ1n) is 10.7. The molecule has 1 aliphatic carbocycles. The number of hydrogen-bond donors (Lipinski definition) is 1. The Kier molecular flexibility index (Phi) is 6.10. The van der Waals surface area contributed by atoms with Gasteiger partial charge in [-0.05, 0) is 43.4 Å². The molecular weight excluding hydrogens is 438 g/mol. The topological polar surface area (TPSA) is 64.1 Å². The summed E-state index contributed by atoms with van der Waals surface area (Å²) in [5.41, 5.74) is 3.04. The Morgan fingerprint density at radius 2 is 1.84 bits per heavy atom. The number of amides is 1. The van der Waals surface area contributed by atoms with Crippen LogP contribution < -0.4 is 10.1 Å². The number of methoxy groups -OCH3 is 1. The van der Waals surface area contributed by atoms with Crippen LogP contribution in [0, 0.1) is 0 Å². The quantitative estimate of drug-likeness (QED) is 0.283. The lowest BCUT2D eigenvalue weighted by Crippen LogP contribution is -2.15. The number of thiophene rings is 1. The number of carbonyl (C=O) groups is 1. The molecule has 1 N–H and O–H groups in total. The number of carbonyl (C=O) groups excluding carboxylic acids is 1. The highest BCUT2D eigenvalue weighted by atomic mass is 32.2. The Balaban J connectivity index is 1.46. The average Bonchev–Trinajstić information content (AvgIpc) is 3.22. The van der Waals surface area contributed by atoms with Gasteiger partial charge in [0.05, 0.1) is 18.6 Å². The molecular formula is C25H23N3O2S2. The summed E-state index contributed by atoms with van der Waals surface area (Å²) >= 11 is 3.26. The molecule has 1 aliphatic rings. The predicted octanol–water partition coefficient (Wildman–Crippen LogP) is 5.98. The minimum atomic E-state index is -0.0865. The zero-order valence-corrected chi connectivity index (χ0v) is 19.4. The van der Waals surface area contributed by atoms with E-state index in [2.05, 4.69) is 5.32 Å². The third-order valence-corrected chi connectivity index (χ3v) is 7.70. The molecule has 0 radical (unpaired) electrons. The van der Waals surface area contributed by atoms with Crippen LogP contribution in [0.15, 0.2) is 59.6 Å². The zero-order valence-electron chi connectivity index (χ0n) is 17.8. The fraction of sp³-hybridized carbons (Fsp3) is 0.240. The molecule has 0 saturated heterocycles. The van der Waals surface area contributed by atoms with Crippen LogP contribution in [0.3, 0.4) is 0 Å². The van der Waals surface area contributed by atoms with Gasteiger partial charge in [0.15, 0.2) is 5.82 Å². The van der Waals surface area contributed by atoms with E-state index in [0.717, 1.165) is 33.6 Å². The van der Waals surface area contributed by atoms with Gasteiger partial charge < -0.3 is 10.1 Å². The second kappa shape index (κ2) is 9.30. The number of nitrogens with one attached hydrogen (secondary N) is 1. The summed E-state index contributed by atoms with van der Waals surface area (Å²) in [5.74, 6) is 1.54. The summed E-state index contributed by atoms with van der Waals surface area (Å²) in [7, 11) is 1.60. The van der Waals surface area contributed by atoms with Crippen molar-refractivity contribution in [2.75, 3.05) is 18.2 Å². The number of nitrogens with zero attached hydrogens (tertiary/aromatic N) is 2. The molecule has 2 heterocycles. The largest absolute Gasteiger partial charge is 0.495 e. The monoisotopic (exact) mass is 461 g/mol. The molecule has 0 atom stereocenters. The van der Waals surface area contributed by atoms with Crippen LogP contribution >= 0.6 is 23.1 Å². The molecule has 0 fully saturated rings. The molecule has 5 nitrogen and oxygen atoms in total. The molecule has 0 unspecified atom stereocenters. The number of fused-ring (bicyclic) bond motifs is 3. The van der Waals surface area contributed by atoms with Crippen molar-refractivity contribution < 1.29 is 9.53 Å². The fourth-order valence-corrected chi connectivity index (χ4v) is 6.19. The van der Waals surface area contributed by atoms with Gasteiger partial charge >= 0.3 is 0 Å². The summed E-state index contributed by atoms with van der Waals surface area (Å²) in [6, 6.07) is 17.5. The van der Waals surface area contributed by atoms with Crippen LogP contribution in [0.25, 0.3) is 21.6 Å². The van der Waals surface area contributed by atoms with Crippen molar-refractivity contribution in [3.63, 3.8) is 0 Å². The van der Waals surface area contributed by atoms with Crippen molar-refractivity contribution >= 4 is 44.9 Å². The number of thioether (sulfide) groups is 1. The number of hydrogen-bond acceptors (Lipinski definition) is 6. The van der Waals surface area contributed by atoms with Crippen LogP contribution in [0.2, 0.25) is 0 Å². The normalized spacial score (nSPS) is 13.0. The van der Waals surface area contributed by atoms with Crippen molar-refractivity contribution in [2.45, 2.75) is 30.7 Å². The summed E-state index contributed by atoms with van der Waals surface area (Å²) < 4.78 is 5.34. The number of para-hydroxylation sites is 2. The Morgan fingerprint density at radius 3 is 2.69 bits per heavy atom. The molecule has 0 aliphatic heterocycles. The van der Waals surface area contributed by atoms with E-state index >= 15 is 0 Å². The van der Waals surface area contributed by atoms with E-state index in [1.54, 1.807) is 18.4 Å². The number of aryl methyl sites for hydroxylation is 2. The summed E-state index contributed by atoms with van der Waals surface area (Å²) in [4.78, 5) is 25.0. The summed E-state index contributed by atoms with van der Waals surface area (Å²) in [5, 5.41) is 4.99. The van der Waals surface area contributed by atoms with Crippen LogP contribution in [0.1, 0.15) is 23.3 Å². The van der Waals surface area contributed by atoms with Crippen molar-refractivity contribution in [3.8, 4) is 17.1 Å². The molecule has 0 bridgehead atoms. The molecule has 7 heteroatoms. The third kappa shape index (κ3) is 4.23. The van der Waals surface area contributed by atoms with Crippen molar-refractivity contribution in [1.82, 2.24) is 9.97 Å². The number of ether oxygens (including phenoxy) is 1. The lowest BCUT2D eigenvalue weighted by Gasteiger charge is -2.13. The van der Waals surface area contributed by atoms with Crippen LogP contribution in [0.5, 0.6) is 5.75 Å². The molecule has 4 aromatic rings. The minimum Gasteiger partial charge on any atom is -0.495 e. The third-order valence-electron chi connectivity index (χ3n) is 5.53. The van der Waals surface area contributed by atoms with Gasteiger partial charge in [0.25, 0.3) is 0 Å². The van der Waals surface area contributed by atoms with Gasteiger partial charge in [-0.2, -0.15) is 0 Å². The van der Waals surface area contributed by atoms with E-state index in [4.69, 9.17) is 14.7 Å². The van der Waals surface area contributed by atoms with E-state index in [1.807, 2.05) is 54.6 Å². The highest BCUT2D eigenvalue weighted by molar-refractivity contribution is 8.00. The standard InChI is InChI=1S/C25H23N3O2S2/c1-30-19-13-7-6-12-18(19)26-21(29)15-31-24-22-17-11-5-8-14-20(17)32-25(22)28-23(27-24)16-9-3-2-4-10-16/h2-4,6-7,9-10,12-13H,5,8,11,14-15H2,1H3,(H,26,29). The number of benzene rings is 2.